The predicted molar refractivity (Wildman–Crippen MR) is 132 cm³/mol. The van der Waals surface area contributed by atoms with Crippen molar-refractivity contribution in [2.24, 2.45) is 0 Å². The Morgan fingerprint density at radius 3 is 1.92 bits per heavy atom. The fourth-order valence-electron chi connectivity index (χ4n) is 3.59. The molecule has 1 amide bonds. The van der Waals surface area contributed by atoms with Gasteiger partial charge in [-0.15, -0.1) is 0 Å². The smallest absolute Gasteiger partial charge is 0.322 e. The molecule has 0 unspecified atom stereocenters. The molecular formula is C27H21F3N2O3S. The van der Waals surface area contributed by atoms with E-state index in [0.717, 1.165) is 28.6 Å². The van der Waals surface area contributed by atoms with Crippen molar-refractivity contribution in [3.63, 3.8) is 0 Å². The maximum atomic E-state index is 13.7. The highest BCUT2D eigenvalue weighted by molar-refractivity contribution is 7.92. The molecule has 0 saturated carbocycles. The number of hydrogen-bond donors (Lipinski definition) is 1. The molecule has 0 fully saturated rings. The van der Waals surface area contributed by atoms with E-state index in [1.54, 1.807) is 54.6 Å². The molecule has 36 heavy (non-hydrogen) atoms. The molecule has 0 heterocycles. The van der Waals surface area contributed by atoms with Gasteiger partial charge in [0.1, 0.15) is 0 Å². The van der Waals surface area contributed by atoms with Gasteiger partial charge in [0.2, 0.25) is 0 Å². The van der Waals surface area contributed by atoms with Crippen LogP contribution in [0.25, 0.3) is 0 Å². The lowest BCUT2D eigenvalue weighted by atomic mass is 10.1. The minimum Gasteiger partial charge on any atom is -0.322 e. The molecule has 5 nitrogen and oxygen atoms in total. The standard InChI is InChI=1S/C27H21F3N2O3S/c28-27(29,30)21-15-17-22(18-16-21)31-26(33)24-13-7-8-14-25(24)32(19-20-9-3-1-4-10-20)36(34,35)23-11-5-2-6-12-23/h1-18H,19H2,(H,31,33). The zero-order chi connectivity index (χ0) is 25.8. The molecule has 0 spiro atoms. The monoisotopic (exact) mass is 510 g/mol. The molecule has 1 N–H and O–H groups in total. The zero-order valence-corrected chi connectivity index (χ0v) is 19.6. The fraction of sp³-hybridized carbons (Fsp3) is 0.0741. The number of sulfonamides is 1. The Hall–Kier alpha value is -4.11. The van der Waals surface area contributed by atoms with Crippen LogP contribution in [0.3, 0.4) is 0 Å². The first kappa shape index (κ1) is 25.0. The molecule has 0 aliphatic heterocycles. The second-order valence-corrected chi connectivity index (χ2v) is 9.72. The molecule has 4 rings (SSSR count). The van der Waals surface area contributed by atoms with Crippen LogP contribution >= 0.6 is 0 Å². The molecule has 184 valence electrons. The van der Waals surface area contributed by atoms with Crippen LogP contribution in [0.15, 0.2) is 114 Å². The molecule has 0 aromatic heterocycles. The number of benzene rings is 4. The quantitative estimate of drug-likeness (QED) is 0.315. The predicted octanol–water partition coefficient (Wildman–Crippen LogP) is 6.35. The first-order valence-corrected chi connectivity index (χ1v) is 12.3. The molecule has 0 saturated heterocycles. The summed E-state index contributed by atoms with van der Waals surface area (Å²) in [4.78, 5) is 13.2. The van der Waals surface area contributed by atoms with E-state index in [-0.39, 0.29) is 28.4 Å². The van der Waals surface area contributed by atoms with Crippen molar-refractivity contribution in [1.29, 1.82) is 0 Å². The van der Waals surface area contributed by atoms with Gasteiger partial charge in [0, 0.05) is 5.69 Å². The summed E-state index contributed by atoms with van der Waals surface area (Å²) in [5.41, 5.74) is 0.185. The van der Waals surface area contributed by atoms with E-state index in [1.807, 2.05) is 6.07 Å². The molecule has 9 heteroatoms. The highest BCUT2D eigenvalue weighted by atomic mass is 32.2. The number of rotatable bonds is 7. The lowest BCUT2D eigenvalue weighted by Gasteiger charge is -2.26. The van der Waals surface area contributed by atoms with Crippen molar-refractivity contribution in [1.82, 2.24) is 0 Å². The number of anilines is 2. The van der Waals surface area contributed by atoms with Crippen LogP contribution in [0.2, 0.25) is 0 Å². The molecule has 0 radical (unpaired) electrons. The van der Waals surface area contributed by atoms with Crippen LogP contribution < -0.4 is 9.62 Å². The lowest BCUT2D eigenvalue weighted by Crippen LogP contribution is -2.32. The summed E-state index contributed by atoms with van der Waals surface area (Å²) in [7, 11) is -4.07. The number of carbonyl (C=O) groups excluding carboxylic acids is 1. The number of alkyl halides is 3. The number of nitrogens with one attached hydrogen (secondary N) is 1. The molecule has 0 aliphatic rings. The van der Waals surface area contributed by atoms with Gasteiger partial charge in [-0.2, -0.15) is 13.2 Å². The fourth-order valence-corrected chi connectivity index (χ4v) is 5.09. The van der Waals surface area contributed by atoms with E-state index >= 15 is 0 Å². The van der Waals surface area contributed by atoms with E-state index < -0.39 is 27.7 Å². The van der Waals surface area contributed by atoms with Gasteiger partial charge < -0.3 is 5.32 Å². The van der Waals surface area contributed by atoms with E-state index in [2.05, 4.69) is 5.32 Å². The Labute approximate surface area is 206 Å². The van der Waals surface area contributed by atoms with Crippen LogP contribution in [0.5, 0.6) is 0 Å². The summed E-state index contributed by atoms with van der Waals surface area (Å²) in [6, 6.07) is 27.0. The Bertz CT molecular complexity index is 1440. The molecule has 0 atom stereocenters. The molecule has 0 aliphatic carbocycles. The highest BCUT2D eigenvalue weighted by Gasteiger charge is 2.31. The third-order valence-electron chi connectivity index (χ3n) is 5.39. The minimum atomic E-state index is -4.50. The molecule has 0 bridgehead atoms. The minimum absolute atomic E-state index is 0.0390. The van der Waals surface area contributed by atoms with Crippen molar-refractivity contribution < 1.29 is 26.4 Å². The van der Waals surface area contributed by atoms with Crippen LogP contribution in [0.1, 0.15) is 21.5 Å². The third-order valence-corrected chi connectivity index (χ3v) is 7.16. The van der Waals surface area contributed by atoms with E-state index in [0.29, 0.717) is 5.56 Å². The van der Waals surface area contributed by atoms with Crippen LogP contribution in [-0.2, 0) is 22.7 Å². The van der Waals surface area contributed by atoms with Crippen molar-refractivity contribution in [3.8, 4) is 0 Å². The summed E-state index contributed by atoms with van der Waals surface area (Å²) in [5, 5.41) is 2.56. The maximum Gasteiger partial charge on any atom is 0.416 e. The average molecular weight is 511 g/mol. The summed E-state index contributed by atoms with van der Waals surface area (Å²) in [6.45, 7) is -0.0390. The first-order chi connectivity index (χ1) is 17.2. The van der Waals surface area contributed by atoms with Crippen molar-refractivity contribution >= 4 is 27.3 Å². The van der Waals surface area contributed by atoms with Gasteiger partial charge in [-0.3, -0.25) is 9.10 Å². The van der Waals surface area contributed by atoms with Gasteiger partial charge in [-0.1, -0.05) is 60.7 Å². The summed E-state index contributed by atoms with van der Waals surface area (Å²) >= 11 is 0. The summed E-state index contributed by atoms with van der Waals surface area (Å²) < 4.78 is 67.1. The molecular weight excluding hydrogens is 489 g/mol. The maximum absolute atomic E-state index is 13.7. The number of hydrogen-bond acceptors (Lipinski definition) is 3. The number of amides is 1. The van der Waals surface area contributed by atoms with Crippen LogP contribution in [0, 0.1) is 0 Å². The van der Waals surface area contributed by atoms with Gasteiger partial charge >= 0.3 is 6.18 Å². The van der Waals surface area contributed by atoms with Gasteiger partial charge in [-0.05, 0) is 54.1 Å². The third kappa shape index (κ3) is 5.58. The largest absolute Gasteiger partial charge is 0.416 e. The normalized spacial score (nSPS) is 11.6. The van der Waals surface area contributed by atoms with E-state index in [4.69, 9.17) is 0 Å². The van der Waals surface area contributed by atoms with E-state index in [1.165, 1.54) is 24.3 Å². The highest BCUT2D eigenvalue weighted by Crippen LogP contribution is 2.31. The SMILES string of the molecule is O=C(Nc1ccc(C(F)(F)F)cc1)c1ccccc1N(Cc1ccccc1)S(=O)(=O)c1ccccc1. The van der Waals surface area contributed by atoms with Crippen LogP contribution in [0.4, 0.5) is 24.5 Å². The number of para-hydroxylation sites is 1. The van der Waals surface area contributed by atoms with Gasteiger partial charge in [0.05, 0.1) is 28.3 Å². The summed E-state index contributed by atoms with van der Waals surface area (Å²) in [5.74, 6) is -0.660. The molecule has 4 aromatic rings. The second kappa shape index (κ2) is 10.2. The van der Waals surface area contributed by atoms with Crippen LogP contribution in [-0.4, -0.2) is 14.3 Å². The van der Waals surface area contributed by atoms with Gasteiger partial charge in [-0.25, -0.2) is 8.42 Å². The Balaban J connectivity index is 1.73. The summed E-state index contributed by atoms with van der Waals surface area (Å²) in [6.07, 6.45) is -4.50. The van der Waals surface area contributed by atoms with Crippen molar-refractivity contribution in [2.45, 2.75) is 17.6 Å². The Kier molecular flexibility index (Phi) is 7.12. The number of carbonyl (C=O) groups is 1. The zero-order valence-electron chi connectivity index (χ0n) is 18.8. The number of halogens is 3. The van der Waals surface area contributed by atoms with Crippen molar-refractivity contribution in [2.75, 3.05) is 9.62 Å². The first-order valence-electron chi connectivity index (χ1n) is 10.9. The van der Waals surface area contributed by atoms with Gasteiger partial charge in [0.15, 0.2) is 0 Å². The topological polar surface area (TPSA) is 66.5 Å². The Morgan fingerprint density at radius 2 is 1.31 bits per heavy atom. The average Bonchev–Trinajstić information content (AvgIpc) is 2.88. The lowest BCUT2D eigenvalue weighted by molar-refractivity contribution is -0.137. The molecule has 4 aromatic carbocycles. The second-order valence-electron chi connectivity index (χ2n) is 7.86. The Morgan fingerprint density at radius 1 is 0.750 bits per heavy atom. The van der Waals surface area contributed by atoms with Gasteiger partial charge in [0.25, 0.3) is 15.9 Å². The van der Waals surface area contributed by atoms with E-state index in [9.17, 15) is 26.4 Å². The van der Waals surface area contributed by atoms with Crippen molar-refractivity contribution in [3.05, 3.63) is 126 Å². The number of nitrogens with zero attached hydrogens (tertiary/aromatic N) is 1.